The Hall–Kier alpha value is -3.46. The van der Waals surface area contributed by atoms with Crippen molar-refractivity contribution in [3.63, 3.8) is 0 Å². The summed E-state index contributed by atoms with van der Waals surface area (Å²) in [5, 5.41) is 30.3. The maximum absolute atomic E-state index is 12.8. The van der Waals surface area contributed by atoms with Gasteiger partial charge < -0.3 is 10.2 Å². The van der Waals surface area contributed by atoms with Crippen molar-refractivity contribution in [2.75, 3.05) is 13.2 Å². The molecule has 2 aromatic carbocycles. The lowest BCUT2D eigenvalue weighted by molar-refractivity contribution is -0.481. The van der Waals surface area contributed by atoms with Gasteiger partial charge in [-0.2, -0.15) is 0 Å². The number of nitrogens with zero attached hydrogens (tertiary/aromatic N) is 2. The molecule has 0 aromatic heterocycles. The van der Waals surface area contributed by atoms with Crippen molar-refractivity contribution in [2.24, 2.45) is 0 Å². The summed E-state index contributed by atoms with van der Waals surface area (Å²) in [4.78, 5) is 40.0. The molecule has 0 aliphatic heterocycles. The molecule has 0 aliphatic carbocycles. The van der Waals surface area contributed by atoms with Crippen LogP contribution in [0, 0.1) is 10.1 Å². The lowest BCUT2D eigenvalue weighted by atomic mass is 10.0. The summed E-state index contributed by atoms with van der Waals surface area (Å²) in [6.45, 7) is -0.540. The second kappa shape index (κ2) is 10.0. The van der Waals surface area contributed by atoms with Gasteiger partial charge in [-0.25, -0.2) is 9.86 Å². The second-order valence-electron chi connectivity index (χ2n) is 5.96. The predicted molar refractivity (Wildman–Crippen MR) is 98.3 cm³/mol. The van der Waals surface area contributed by atoms with Crippen LogP contribution < -0.4 is 0 Å². The van der Waals surface area contributed by atoms with Gasteiger partial charge in [-0.3, -0.25) is 19.7 Å². The van der Waals surface area contributed by atoms with E-state index in [0.717, 1.165) is 5.06 Å². The fraction of sp³-hybridized carbons (Fsp3) is 0.263. The number of rotatable bonds is 10. The Morgan fingerprint density at radius 3 is 2.32 bits per heavy atom. The zero-order valence-electron chi connectivity index (χ0n) is 14.9. The average molecular weight is 388 g/mol. The summed E-state index contributed by atoms with van der Waals surface area (Å²) in [5.74, 6) is -1.91. The number of benzene rings is 2. The van der Waals surface area contributed by atoms with Crippen LogP contribution >= 0.6 is 0 Å². The maximum atomic E-state index is 12.8. The van der Waals surface area contributed by atoms with Gasteiger partial charge in [0.25, 0.3) is 5.91 Å². The van der Waals surface area contributed by atoms with Crippen LogP contribution in [0.3, 0.4) is 0 Å². The molecule has 0 heterocycles. The highest BCUT2D eigenvalue weighted by molar-refractivity contribution is 5.95. The normalized spacial score (nSPS) is 11.6. The minimum Gasteiger partial charge on any atom is -0.508 e. The smallest absolute Gasteiger partial charge is 0.329 e. The summed E-state index contributed by atoms with van der Waals surface area (Å²) in [5.41, 5.74) is 0.804. The van der Waals surface area contributed by atoms with Crippen molar-refractivity contribution in [3.05, 3.63) is 75.8 Å². The molecule has 2 aromatic rings. The first-order chi connectivity index (χ1) is 13.4. The van der Waals surface area contributed by atoms with Crippen LogP contribution in [-0.4, -0.2) is 51.3 Å². The molecular weight excluding hydrogens is 368 g/mol. The Bertz CT molecular complexity index is 809. The highest BCUT2D eigenvalue weighted by Crippen LogP contribution is 2.17. The molecule has 1 atom stereocenters. The molecule has 0 spiro atoms. The van der Waals surface area contributed by atoms with E-state index in [2.05, 4.69) is 0 Å². The van der Waals surface area contributed by atoms with E-state index in [1.807, 2.05) is 0 Å². The van der Waals surface area contributed by atoms with Crippen LogP contribution in [0.1, 0.15) is 22.3 Å². The molecule has 1 amide bonds. The van der Waals surface area contributed by atoms with E-state index in [-0.39, 0.29) is 37.3 Å². The molecule has 28 heavy (non-hydrogen) atoms. The zero-order chi connectivity index (χ0) is 20.5. The summed E-state index contributed by atoms with van der Waals surface area (Å²) in [7, 11) is 0. The minimum absolute atomic E-state index is 0.0249. The van der Waals surface area contributed by atoms with E-state index in [9.17, 15) is 29.9 Å². The van der Waals surface area contributed by atoms with Crippen molar-refractivity contribution in [1.82, 2.24) is 5.06 Å². The molecule has 0 radical (unpaired) electrons. The highest BCUT2D eigenvalue weighted by Gasteiger charge is 2.32. The Kier molecular flexibility index (Phi) is 7.46. The Morgan fingerprint density at radius 2 is 1.75 bits per heavy atom. The van der Waals surface area contributed by atoms with Crippen molar-refractivity contribution in [3.8, 4) is 5.75 Å². The minimum atomic E-state index is -1.35. The maximum Gasteiger partial charge on any atom is 0.329 e. The molecule has 2 rings (SSSR count). The quantitative estimate of drug-likeness (QED) is 0.362. The Balaban J connectivity index is 2.24. The first-order valence-corrected chi connectivity index (χ1v) is 8.52. The van der Waals surface area contributed by atoms with Gasteiger partial charge in [-0.15, -0.1) is 0 Å². The van der Waals surface area contributed by atoms with Crippen LogP contribution in [0.5, 0.6) is 5.75 Å². The van der Waals surface area contributed by atoms with Crippen LogP contribution in [0.2, 0.25) is 0 Å². The molecule has 0 fully saturated rings. The summed E-state index contributed by atoms with van der Waals surface area (Å²) in [6.07, 6.45) is -0.0411. The van der Waals surface area contributed by atoms with E-state index in [1.165, 1.54) is 24.3 Å². The molecule has 9 heteroatoms. The summed E-state index contributed by atoms with van der Waals surface area (Å²) in [6, 6.07) is 12.6. The topological polar surface area (TPSA) is 130 Å². The predicted octanol–water partition coefficient (Wildman–Crippen LogP) is 2.13. The van der Waals surface area contributed by atoms with Crippen molar-refractivity contribution in [2.45, 2.75) is 18.9 Å². The number of aliphatic carboxylic acids is 1. The van der Waals surface area contributed by atoms with Gasteiger partial charge in [-0.1, -0.05) is 30.3 Å². The molecule has 0 bridgehead atoms. The van der Waals surface area contributed by atoms with Gasteiger partial charge in [0.05, 0.1) is 6.61 Å². The number of carboxylic acid groups (broad SMARTS) is 1. The van der Waals surface area contributed by atoms with Gasteiger partial charge >= 0.3 is 5.97 Å². The van der Waals surface area contributed by atoms with Gasteiger partial charge in [0.2, 0.25) is 6.54 Å². The number of carbonyl (C=O) groups excluding carboxylic acids is 1. The number of hydrogen-bond acceptors (Lipinski definition) is 6. The van der Waals surface area contributed by atoms with Crippen LogP contribution in [0.25, 0.3) is 0 Å². The Labute approximate surface area is 160 Å². The Morgan fingerprint density at radius 1 is 1.11 bits per heavy atom. The van der Waals surface area contributed by atoms with Crippen LogP contribution in [-0.2, 0) is 16.1 Å². The summed E-state index contributed by atoms with van der Waals surface area (Å²) < 4.78 is 0. The molecular formula is C19H20N2O7. The van der Waals surface area contributed by atoms with Crippen LogP contribution in [0.15, 0.2) is 54.6 Å². The first-order valence-electron chi connectivity index (χ1n) is 8.52. The fourth-order valence-electron chi connectivity index (χ4n) is 2.48. The third-order valence-corrected chi connectivity index (χ3v) is 3.87. The van der Waals surface area contributed by atoms with Gasteiger partial charge in [-0.05, 0) is 29.8 Å². The second-order valence-corrected chi connectivity index (χ2v) is 5.96. The fourth-order valence-corrected chi connectivity index (χ4v) is 2.48. The number of nitro groups is 1. The average Bonchev–Trinajstić information content (AvgIpc) is 2.68. The SMILES string of the molecule is O=C(O)[C@@H](Cc1ccc(O)cc1)N(OCCC[N+](=O)[O-])C(=O)c1ccccc1. The number of carbonyl (C=O) groups is 2. The van der Waals surface area contributed by atoms with E-state index < -0.39 is 22.8 Å². The van der Waals surface area contributed by atoms with E-state index in [0.29, 0.717) is 5.56 Å². The molecule has 0 saturated carbocycles. The lowest BCUT2D eigenvalue weighted by Gasteiger charge is -2.28. The number of aromatic hydroxyl groups is 1. The molecule has 148 valence electrons. The van der Waals surface area contributed by atoms with Gasteiger partial charge in [0.1, 0.15) is 5.75 Å². The monoisotopic (exact) mass is 388 g/mol. The molecule has 0 aliphatic rings. The molecule has 2 N–H and O–H groups in total. The largest absolute Gasteiger partial charge is 0.508 e. The third-order valence-electron chi connectivity index (χ3n) is 3.87. The first kappa shape index (κ1) is 20.8. The zero-order valence-corrected chi connectivity index (χ0v) is 14.9. The van der Waals surface area contributed by atoms with Crippen molar-refractivity contribution in [1.29, 1.82) is 0 Å². The standard InChI is InChI=1S/C19H20N2O7/c22-16-9-7-14(8-10-16)13-17(19(24)25)21(28-12-4-11-20(26)27)18(23)15-5-2-1-3-6-15/h1-3,5-10,17,22H,4,11-13H2,(H,24,25)/t17-/m1/s1. The van der Waals surface area contributed by atoms with E-state index in [4.69, 9.17) is 4.84 Å². The highest BCUT2D eigenvalue weighted by atomic mass is 16.7. The summed E-state index contributed by atoms with van der Waals surface area (Å²) >= 11 is 0. The number of phenols is 1. The molecule has 0 unspecified atom stereocenters. The number of hydrogen-bond donors (Lipinski definition) is 2. The molecule has 0 saturated heterocycles. The molecule has 9 nitrogen and oxygen atoms in total. The number of amides is 1. The third kappa shape index (κ3) is 6.06. The van der Waals surface area contributed by atoms with Crippen molar-refractivity contribution < 1.29 is 29.6 Å². The van der Waals surface area contributed by atoms with Crippen LogP contribution in [0.4, 0.5) is 0 Å². The number of carboxylic acids is 1. The van der Waals surface area contributed by atoms with E-state index in [1.54, 1.807) is 30.3 Å². The van der Waals surface area contributed by atoms with Gasteiger partial charge in [0.15, 0.2) is 6.04 Å². The number of hydroxylamine groups is 2. The van der Waals surface area contributed by atoms with Gasteiger partial charge in [0, 0.05) is 23.3 Å². The van der Waals surface area contributed by atoms with Crippen molar-refractivity contribution >= 4 is 11.9 Å². The van der Waals surface area contributed by atoms with E-state index >= 15 is 0 Å². The lowest BCUT2D eigenvalue weighted by Crippen LogP contribution is -2.46. The number of phenolic OH excluding ortho intramolecular Hbond substituents is 1.